The molecule has 0 radical (unpaired) electrons. The fourth-order valence-corrected chi connectivity index (χ4v) is 3.81. The molecule has 1 aromatic heterocycles. The summed E-state index contributed by atoms with van der Waals surface area (Å²) in [6.07, 6.45) is 0.0862. The van der Waals surface area contributed by atoms with E-state index in [9.17, 15) is 27.6 Å². The quantitative estimate of drug-likeness (QED) is 0.343. The monoisotopic (exact) mass is 541 g/mol. The molecule has 0 bridgehead atoms. The standard InChI is InChI=1S/C28H30F3N5O3/c1-18(2)14-22(25(37)34-16-20-8-10-21(11-9-20)28(29,30)31)35-26(38)23(15-19-6-4-3-5-7-19)36-27(39)24-17-32-12-13-33-24/h3-13,17-18,22-23H,14-16H2,1-2H3,(H,34,37)(H,35,38)(H,36,39)/t22-,23-/m0/s1. The maximum atomic E-state index is 13.4. The van der Waals surface area contributed by atoms with E-state index in [1.807, 2.05) is 44.2 Å². The van der Waals surface area contributed by atoms with Gasteiger partial charge < -0.3 is 16.0 Å². The first-order chi connectivity index (χ1) is 18.5. The molecule has 0 fully saturated rings. The highest BCUT2D eigenvalue weighted by Gasteiger charge is 2.30. The lowest BCUT2D eigenvalue weighted by atomic mass is 10.0. The number of amides is 3. The Labute approximate surface area is 224 Å². The summed E-state index contributed by atoms with van der Waals surface area (Å²) in [5.41, 5.74) is 0.528. The van der Waals surface area contributed by atoms with Gasteiger partial charge in [-0.3, -0.25) is 19.4 Å². The van der Waals surface area contributed by atoms with Crippen molar-refractivity contribution in [1.82, 2.24) is 25.9 Å². The molecule has 0 saturated heterocycles. The van der Waals surface area contributed by atoms with Gasteiger partial charge in [0.15, 0.2) is 0 Å². The molecule has 3 N–H and O–H groups in total. The van der Waals surface area contributed by atoms with E-state index in [4.69, 9.17) is 0 Å². The van der Waals surface area contributed by atoms with Crippen LogP contribution in [0.5, 0.6) is 0 Å². The van der Waals surface area contributed by atoms with Gasteiger partial charge in [0.1, 0.15) is 17.8 Å². The van der Waals surface area contributed by atoms with Crippen LogP contribution in [0.1, 0.15) is 47.4 Å². The van der Waals surface area contributed by atoms with Crippen LogP contribution in [0, 0.1) is 5.92 Å². The summed E-state index contributed by atoms with van der Waals surface area (Å²) >= 11 is 0. The van der Waals surface area contributed by atoms with Gasteiger partial charge in [-0.2, -0.15) is 13.2 Å². The van der Waals surface area contributed by atoms with Gasteiger partial charge >= 0.3 is 6.18 Å². The molecular formula is C28H30F3N5O3. The van der Waals surface area contributed by atoms with E-state index >= 15 is 0 Å². The van der Waals surface area contributed by atoms with Gasteiger partial charge in [-0.05, 0) is 35.6 Å². The largest absolute Gasteiger partial charge is 0.416 e. The number of hydrogen-bond acceptors (Lipinski definition) is 5. The molecule has 3 amide bonds. The van der Waals surface area contributed by atoms with E-state index < -0.39 is 41.5 Å². The summed E-state index contributed by atoms with van der Waals surface area (Å²) in [4.78, 5) is 47.0. The van der Waals surface area contributed by atoms with Gasteiger partial charge in [0, 0.05) is 25.4 Å². The smallest absolute Gasteiger partial charge is 0.350 e. The molecule has 0 aliphatic rings. The highest BCUT2D eigenvalue weighted by atomic mass is 19.4. The number of nitrogens with zero attached hydrogens (tertiary/aromatic N) is 2. The average molecular weight is 542 g/mol. The number of halogens is 3. The molecule has 2 aromatic carbocycles. The topological polar surface area (TPSA) is 113 Å². The summed E-state index contributed by atoms with van der Waals surface area (Å²) in [6, 6.07) is 11.6. The number of benzene rings is 2. The van der Waals surface area contributed by atoms with Gasteiger partial charge in [0.2, 0.25) is 11.8 Å². The number of rotatable bonds is 11. The lowest BCUT2D eigenvalue weighted by molar-refractivity contribution is -0.137. The molecule has 8 nitrogen and oxygen atoms in total. The average Bonchev–Trinajstić information content (AvgIpc) is 2.91. The van der Waals surface area contributed by atoms with Crippen molar-refractivity contribution >= 4 is 17.7 Å². The van der Waals surface area contributed by atoms with E-state index in [1.165, 1.54) is 30.7 Å². The predicted molar refractivity (Wildman–Crippen MR) is 138 cm³/mol. The summed E-state index contributed by atoms with van der Waals surface area (Å²) in [7, 11) is 0. The number of carbonyl (C=O) groups excluding carboxylic acids is 3. The van der Waals surface area contributed by atoms with Crippen LogP contribution in [-0.2, 0) is 28.7 Å². The Morgan fingerprint density at radius 1 is 0.846 bits per heavy atom. The van der Waals surface area contributed by atoms with Crippen molar-refractivity contribution in [2.75, 3.05) is 0 Å². The van der Waals surface area contributed by atoms with Crippen LogP contribution < -0.4 is 16.0 Å². The van der Waals surface area contributed by atoms with Crippen LogP contribution in [0.4, 0.5) is 13.2 Å². The van der Waals surface area contributed by atoms with Crippen LogP contribution in [0.25, 0.3) is 0 Å². The van der Waals surface area contributed by atoms with Crippen LogP contribution in [0.15, 0.2) is 73.2 Å². The van der Waals surface area contributed by atoms with E-state index in [1.54, 1.807) is 0 Å². The minimum Gasteiger partial charge on any atom is -0.350 e. The molecule has 0 spiro atoms. The summed E-state index contributed by atoms with van der Waals surface area (Å²) in [5.74, 6) is -1.61. The fraction of sp³-hybridized carbons (Fsp3) is 0.321. The number of alkyl halides is 3. The third kappa shape index (κ3) is 9.20. The highest BCUT2D eigenvalue weighted by molar-refractivity contribution is 5.97. The van der Waals surface area contributed by atoms with Crippen molar-refractivity contribution in [3.8, 4) is 0 Å². The fourth-order valence-electron chi connectivity index (χ4n) is 3.81. The minimum atomic E-state index is -4.45. The first-order valence-electron chi connectivity index (χ1n) is 12.4. The SMILES string of the molecule is CC(C)C[C@H](NC(=O)[C@H](Cc1ccccc1)NC(=O)c1cnccn1)C(=O)NCc1ccc(C(F)(F)F)cc1. The molecule has 206 valence electrons. The Kier molecular flexibility index (Phi) is 10.1. The van der Waals surface area contributed by atoms with Gasteiger partial charge in [-0.25, -0.2) is 4.98 Å². The van der Waals surface area contributed by atoms with Gasteiger partial charge in [-0.15, -0.1) is 0 Å². The van der Waals surface area contributed by atoms with Gasteiger partial charge in [0.05, 0.1) is 11.8 Å². The molecule has 1 heterocycles. The second kappa shape index (κ2) is 13.5. The van der Waals surface area contributed by atoms with Crippen molar-refractivity contribution < 1.29 is 27.6 Å². The van der Waals surface area contributed by atoms with Crippen LogP contribution in [0.3, 0.4) is 0 Å². The third-order valence-corrected chi connectivity index (χ3v) is 5.79. The Hall–Kier alpha value is -4.28. The minimum absolute atomic E-state index is 0.0156. The van der Waals surface area contributed by atoms with Crippen LogP contribution >= 0.6 is 0 Å². The number of aromatic nitrogens is 2. The summed E-state index contributed by atoms with van der Waals surface area (Å²) in [5, 5.41) is 8.10. The maximum Gasteiger partial charge on any atom is 0.416 e. The third-order valence-electron chi connectivity index (χ3n) is 5.79. The van der Waals surface area contributed by atoms with Gasteiger partial charge in [0.25, 0.3) is 5.91 Å². The molecular weight excluding hydrogens is 511 g/mol. The Morgan fingerprint density at radius 2 is 1.54 bits per heavy atom. The van der Waals surface area contributed by atoms with Crippen molar-refractivity contribution in [1.29, 1.82) is 0 Å². The summed E-state index contributed by atoms with van der Waals surface area (Å²) in [6.45, 7) is 3.76. The zero-order valence-electron chi connectivity index (χ0n) is 21.5. The van der Waals surface area contributed by atoms with Crippen molar-refractivity contribution in [2.45, 2.75) is 51.5 Å². The highest BCUT2D eigenvalue weighted by Crippen LogP contribution is 2.29. The first kappa shape index (κ1) is 29.3. The molecule has 11 heteroatoms. The summed E-state index contributed by atoms with van der Waals surface area (Å²) < 4.78 is 38.5. The molecule has 3 aromatic rings. The van der Waals surface area contributed by atoms with E-state index in [0.29, 0.717) is 12.0 Å². The zero-order valence-corrected chi connectivity index (χ0v) is 21.5. The molecule has 2 atom stereocenters. The molecule has 3 rings (SSSR count). The lowest BCUT2D eigenvalue weighted by Gasteiger charge is -2.24. The number of hydrogen-bond donors (Lipinski definition) is 3. The molecule has 0 aliphatic carbocycles. The predicted octanol–water partition coefficient (Wildman–Crippen LogP) is 3.68. The Morgan fingerprint density at radius 3 is 2.13 bits per heavy atom. The second-order valence-electron chi connectivity index (χ2n) is 9.41. The van der Waals surface area contributed by atoms with Crippen LogP contribution in [0.2, 0.25) is 0 Å². The second-order valence-corrected chi connectivity index (χ2v) is 9.41. The molecule has 39 heavy (non-hydrogen) atoms. The van der Waals surface area contributed by atoms with E-state index in [2.05, 4.69) is 25.9 Å². The van der Waals surface area contributed by atoms with Gasteiger partial charge in [-0.1, -0.05) is 56.3 Å². The maximum absolute atomic E-state index is 13.4. The normalized spacial score (nSPS) is 12.9. The van der Waals surface area contributed by atoms with E-state index in [0.717, 1.165) is 17.7 Å². The number of carbonyl (C=O) groups is 3. The molecule has 0 saturated carbocycles. The Bertz CT molecular complexity index is 1240. The van der Waals surface area contributed by atoms with Crippen molar-refractivity contribution in [3.63, 3.8) is 0 Å². The first-order valence-corrected chi connectivity index (χ1v) is 12.4. The molecule has 0 aliphatic heterocycles. The number of nitrogens with one attached hydrogen (secondary N) is 3. The lowest BCUT2D eigenvalue weighted by Crippen LogP contribution is -2.54. The van der Waals surface area contributed by atoms with Crippen molar-refractivity contribution in [2.24, 2.45) is 5.92 Å². The molecule has 0 unspecified atom stereocenters. The Balaban J connectivity index is 1.71. The zero-order chi connectivity index (χ0) is 28.4. The van der Waals surface area contributed by atoms with E-state index in [-0.39, 0.29) is 24.6 Å². The van der Waals surface area contributed by atoms with Crippen LogP contribution in [-0.4, -0.2) is 39.8 Å². The van der Waals surface area contributed by atoms with Crippen molar-refractivity contribution in [3.05, 3.63) is 95.6 Å².